The van der Waals surface area contributed by atoms with E-state index in [2.05, 4.69) is 21.2 Å². The third-order valence-electron chi connectivity index (χ3n) is 2.66. The van der Waals surface area contributed by atoms with Gasteiger partial charge in [-0.1, -0.05) is 15.9 Å². The molecule has 3 nitrogen and oxygen atoms in total. The molecule has 2 aromatic rings. The molecule has 0 spiro atoms. The van der Waals surface area contributed by atoms with E-state index in [4.69, 9.17) is 4.74 Å². The molecule has 2 rings (SSSR count). The van der Waals surface area contributed by atoms with Crippen LogP contribution in [0.3, 0.4) is 0 Å². The number of amides is 1. The van der Waals surface area contributed by atoms with Crippen LogP contribution in [-0.4, -0.2) is 12.5 Å². The van der Waals surface area contributed by atoms with E-state index in [-0.39, 0.29) is 4.47 Å². The molecule has 0 bridgehead atoms. The molecule has 2 aromatic carbocycles. The van der Waals surface area contributed by atoms with Gasteiger partial charge in [-0.2, -0.15) is 0 Å². The molecule has 1 N–H and O–H groups in total. The molecule has 6 heteroatoms. The average Bonchev–Trinajstić information content (AvgIpc) is 2.40. The minimum Gasteiger partial charge on any atom is -0.494 e. The lowest BCUT2D eigenvalue weighted by Gasteiger charge is -2.09. The molecule has 0 aliphatic rings. The number of nitrogens with one attached hydrogen (secondary N) is 1. The monoisotopic (exact) mass is 355 g/mol. The van der Waals surface area contributed by atoms with E-state index < -0.39 is 23.1 Å². The van der Waals surface area contributed by atoms with Gasteiger partial charge in [-0.3, -0.25) is 4.79 Å². The maximum atomic E-state index is 13.7. The number of rotatable bonds is 4. The molecule has 21 heavy (non-hydrogen) atoms. The Morgan fingerprint density at radius 3 is 2.29 bits per heavy atom. The van der Waals surface area contributed by atoms with Crippen molar-refractivity contribution in [3.05, 3.63) is 58.1 Å². The molecule has 0 fully saturated rings. The number of ether oxygens (including phenoxy) is 1. The van der Waals surface area contributed by atoms with Gasteiger partial charge in [0.25, 0.3) is 5.91 Å². The second kappa shape index (κ2) is 6.67. The topological polar surface area (TPSA) is 38.3 Å². The molecule has 0 aliphatic carbocycles. The van der Waals surface area contributed by atoms with Gasteiger partial charge in [0, 0.05) is 10.2 Å². The fourth-order valence-electron chi connectivity index (χ4n) is 1.75. The van der Waals surface area contributed by atoms with E-state index in [1.54, 1.807) is 24.3 Å². The van der Waals surface area contributed by atoms with Gasteiger partial charge in [-0.05, 0) is 43.3 Å². The van der Waals surface area contributed by atoms with Crippen LogP contribution < -0.4 is 10.1 Å². The number of hydrogen-bond donors (Lipinski definition) is 1. The first-order valence-corrected chi connectivity index (χ1v) is 6.99. The predicted molar refractivity (Wildman–Crippen MR) is 79.6 cm³/mol. The second-order valence-electron chi connectivity index (χ2n) is 4.16. The van der Waals surface area contributed by atoms with E-state index in [0.717, 1.165) is 12.1 Å². The standard InChI is InChI=1S/C15H12BrF2NO2/c1-2-21-11-5-3-10(4-6-11)19-15(20)14-12(17)7-9(16)8-13(14)18/h3-8H,2H2,1H3,(H,19,20). The van der Waals surface area contributed by atoms with Gasteiger partial charge >= 0.3 is 0 Å². The first-order chi connectivity index (χ1) is 10.0. The van der Waals surface area contributed by atoms with E-state index in [9.17, 15) is 13.6 Å². The van der Waals surface area contributed by atoms with Gasteiger partial charge in [-0.15, -0.1) is 0 Å². The lowest BCUT2D eigenvalue weighted by molar-refractivity contribution is 0.101. The Bertz CT molecular complexity index is 636. The number of hydrogen-bond acceptors (Lipinski definition) is 2. The third-order valence-corrected chi connectivity index (χ3v) is 3.11. The zero-order valence-electron chi connectivity index (χ0n) is 11.1. The molecule has 0 saturated heterocycles. The molecule has 0 radical (unpaired) electrons. The molecule has 0 aliphatic heterocycles. The minimum absolute atomic E-state index is 0.232. The number of carbonyl (C=O) groups excluding carboxylic acids is 1. The van der Waals surface area contributed by atoms with Crippen LogP contribution in [-0.2, 0) is 0 Å². The van der Waals surface area contributed by atoms with E-state index >= 15 is 0 Å². The summed E-state index contributed by atoms with van der Waals surface area (Å²) in [4.78, 5) is 11.9. The molecule has 0 atom stereocenters. The van der Waals surface area contributed by atoms with Crippen LogP contribution in [0.1, 0.15) is 17.3 Å². The van der Waals surface area contributed by atoms with Gasteiger partial charge in [0.1, 0.15) is 22.9 Å². The summed E-state index contributed by atoms with van der Waals surface area (Å²) in [7, 11) is 0. The Morgan fingerprint density at radius 2 is 1.76 bits per heavy atom. The van der Waals surface area contributed by atoms with Crippen molar-refractivity contribution in [3.63, 3.8) is 0 Å². The number of benzene rings is 2. The summed E-state index contributed by atoms with van der Waals surface area (Å²) in [6.07, 6.45) is 0. The SMILES string of the molecule is CCOc1ccc(NC(=O)c2c(F)cc(Br)cc2F)cc1. The highest BCUT2D eigenvalue weighted by molar-refractivity contribution is 9.10. The van der Waals surface area contributed by atoms with Gasteiger partial charge < -0.3 is 10.1 Å². The number of halogens is 3. The average molecular weight is 356 g/mol. The summed E-state index contributed by atoms with van der Waals surface area (Å²) in [6.45, 7) is 2.38. The quantitative estimate of drug-likeness (QED) is 0.883. The highest BCUT2D eigenvalue weighted by Crippen LogP contribution is 2.21. The maximum absolute atomic E-state index is 13.7. The van der Waals surface area contributed by atoms with Crippen molar-refractivity contribution >= 4 is 27.5 Å². The first kappa shape index (κ1) is 15.4. The molecule has 1 amide bonds. The predicted octanol–water partition coefficient (Wildman–Crippen LogP) is 4.38. The minimum atomic E-state index is -0.926. The molecular formula is C15H12BrF2NO2. The summed E-state index contributed by atoms with van der Waals surface area (Å²) in [5.74, 6) is -2.05. The largest absolute Gasteiger partial charge is 0.494 e. The zero-order valence-corrected chi connectivity index (χ0v) is 12.7. The van der Waals surface area contributed by atoms with Crippen molar-refractivity contribution in [2.24, 2.45) is 0 Å². The summed E-state index contributed by atoms with van der Waals surface area (Å²) >= 11 is 2.96. The molecule has 110 valence electrons. The van der Waals surface area contributed by atoms with Gasteiger partial charge in [0.15, 0.2) is 0 Å². The normalized spacial score (nSPS) is 10.3. The Hall–Kier alpha value is -1.95. The number of carbonyl (C=O) groups is 1. The molecule has 0 heterocycles. The summed E-state index contributed by atoms with van der Waals surface area (Å²) in [5.41, 5.74) is -0.197. The smallest absolute Gasteiger partial charge is 0.261 e. The maximum Gasteiger partial charge on any atom is 0.261 e. The van der Waals surface area contributed by atoms with Crippen molar-refractivity contribution in [2.45, 2.75) is 6.92 Å². The van der Waals surface area contributed by atoms with Crippen molar-refractivity contribution in [1.82, 2.24) is 0 Å². The van der Waals surface area contributed by atoms with Crippen molar-refractivity contribution in [3.8, 4) is 5.75 Å². The van der Waals surface area contributed by atoms with Crippen molar-refractivity contribution in [1.29, 1.82) is 0 Å². The Morgan fingerprint density at radius 1 is 1.19 bits per heavy atom. The first-order valence-electron chi connectivity index (χ1n) is 6.20. The summed E-state index contributed by atoms with van der Waals surface area (Å²) in [6, 6.07) is 8.59. The van der Waals surface area contributed by atoms with Crippen molar-refractivity contribution < 1.29 is 18.3 Å². The Labute approximate surface area is 129 Å². The Kier molecular flexibility index (Phi) is 4.90. The lowest BCUT2D eigenvalue weighted by atomic mass is 10.1. The fourth-order valence-corrected chi connectivity index (χ4v) is 2.16. The molecular weight excluding hydrogens is 344 g/mol. The van der Waals surface area contributed by atoms with E-state index in [1.807, 2.05) is 6.92 Å². The molecule has 0 saturated carbocycles. The zero-order chi connectivity index (χ0) is 15.4. The van der Waals surface area contributed by atoms with Crippen molar-refractivity contribution in [2.75, 3.05) is 11.9 Å². The highest BCUT2D eigenvalue weighted by Gasteiger charge is 2.18. The van der Waals surface area contributed by atoms with Crippen LogP contribution in [0, 0.1) is 11.6 Å². The number of anilines is 1. The molecule has 0 aromatic heterocycles. The van der Waals surface area contributed by atoms with Gasteiger partial charge in [0.05, 0.1) is 6.61 Å². The van der Waals surface area contributed by atoms with Crippen LogP contribution in [0.25, 0.3) is 0 Å². The lowest BCUT2D eigenvalue weighted by Crippen LogP contribution is -2.15. The van der Waals surface area contributed by atoms with Crippen LogP contribution in [0.4, 0.5) is 14.5 Å². The van der Waals surface area contributed by atoms with E-state index in [1.165, 1.54) is 0 Å². The van der Waals surface area contributed by atoms with Crippen LogP contribution in [0.15, 0.2) is 40.9 Å². The van der Waals surface area contributed by atoms with Gasteiger partial charge in [-0.25, -0.2) is 8.78 Å². The Balaban J connectivity index is 2.18. The third kappa shape index (κ3) is 3.78. The van der Waals surface area contributed by atoms with Gasteiger partial charge in [0.2, 0.25) is 0 Å². The van der Waals surface area contributed by atoms with Crippen LogP contribution >= 0.6 is 15.9 Å². The fraction of sp³-hybridized carbons (Fsp3) is 0.133. The second-order valence-corrected chi connectivity index (χ2v) is 5.07. The van der Waals surface area contributed by atoms with Crippen LogP contribution in [0.5, 0.6) is 5.75 Å². The highest BCUT2D eigenvalue weighted by atomic mass is 79.9. The van der Waals surface area contributed by atoms with Crippen LogP contribution in [0.2, 0.25) is 0 Å². The van der Waals surface area contributed by atoms with E-state index in [0.29, 0.717) is 18.0 Å². The summed E-state index contributed by atoms with van der Waals surface area (Å²) < 4.78 is 32.9. The summed E-state index contributed by atoms with van der Waals surface area (Å²) in [5, 5.41) is 2.44. The molecule has 0 unspecified atom stereocenters.